The molecule has 1 saturated heterocycles. The van der Waals surface area contributed by atoms with Crippen LogP contribution in [0.1, 0.15) is 43.0 Å². The van der Waals surface area contributed by atoms with Gasteiger partial charge in [0.2, 0.25) is 0 Å². The molecule has 0 atom stereocenters. The highest BCUT2D eigenvalue weighted by Gasteiger charge is 2.25. The van der Waals surface area contributed by atoms with Gasteiger partial charge in [0, 0.05) is 31.2 Å². The van der Waals surface area contributed by atoms with Crippen LogP contribution in [0.3, 0.4) is 0 Å². The van der Waals surface area contributed by atoms with Crippen molar-refractivity contribution in [3.8, 4) is 0 Å². The summed E-state index contributed by atoms with van der Waals surface area (Å²) in [6, 6.07) is 2.22. The lowest BCUT2D eigenvalue weighted by atomic mass is 10.2. The van der Waals surface area contributed by atoms with E-state index in [4.69, 9.17) is 0 Å². The summed E-state index contributed by atoms with van der Waals surface area (Å²) in [6.07, 6.45) is 5.41. The number of hydrogen-bond donors (Lipinski definition) is 2. The summed E-state index contributed by atoms with van der Waals surface area (Å²) >= 11 is 0. The Morgan fingerprint density at radius 3 is 2.94 bits per heavy atom. The van der Waals surface area contributed by atoms with E-state index in [1.807, 2.05) is 0 Å². The molecule has 1 aromatic rings. The highest BCUT2D eigenvalue weighted by atomic mass is 15.2. The van der Waals surface area contributed by atoms with E-state index in [1.54, 1.807) is 0 Å². The fourth-order valence-electron chi connectivity index (χ4n) is 2.52. The van der Waals surface area contributed by atoms with Crippen molar-refractivity contribution in [3.63, 3.8) is 0 Å². The molecule has 2 heterocycles. The molecular formula is C13H22N4. The molecule has 17 heavy (non-hydrogen) atoms. The van der Waals surface area contributed by atoms with Crippen LogP contribution in [0.25, 0.3) is 0 Å². The van der Waals surface area contributed by atoms with Gasteiger partial charge in [0.05, 0.1) is 5.69 Å². The fourth-order valence-corrected chi connectivity index (χ4v) is 2.52. The maximum absolute atomic E-state index is 4.36. The van der Waals surface area contributed by atoms with E-state index in [2.05, 4.69) is 26.5 Å². The molecule has 2 fully saturated rings. The van der Waals surface area contributed by atoms with Crippen LogP contribution in [-0.2, 0) is 6.54 Å². The molecule has 3 rings (SSSR count). The van der Waals surface area contributed by atoms with Gasteiger partial charge in [-0.15, -0.1) is 0 Å². The first kappa shape index (κ1) is 11.2. The lowest BCUT2D eigenvalue weighted by Crippen LogP contribution is -2.29. The second kappa shape index (κ2) is 5.19. The molecule has 1 aliphatic heterocycles. The molecule has 4 nitrogen and oxygen atoms in total. The second-order valence-electron chi connectivity index (χ2n) is 5.32. The first-order valence-corrected chi connectivity index (χ1v) is 6.89. The summed E-state index contributed by atoms with van der Waals surface area (Å²) in [5, 5.41) is 11.0. The Balaban J connectivity index is 1.35. The van der Waals surface area contributed by atoms with Gasteiger partial charge in [0.1, 0.15) is 0 Å². The Hall–Kier alpha value is -0.870. The van der Waals surface area contributed by atoms with E-state index in [1.165, 1.54) is 56.7 Å². The second-order valence-corrected chi connectivity index (χ2v) is 5.32. The summed E-state index contributed by atoms with van der Waals surface area (Å²) in [5.74, 6) is 0.754. The topological polar surface area (TPSA) is 44.0 Å². The number of nitrogens with one attached hydrogen (secondary N) is 2. The number of likely N-dealkylation sites (tertiary alicyclic amines) is 1. The first-order valence-electron chi connectivity index (χ1n) is 6.89. The van der Waals surface area contributed by atoms with Crippen LogP contribution in [0.5, 0.6) is 0 Å². The van der Waals surface area contributed by atoms with E-state index < -0.39 is 0 Å². The standard InChI is InChI=1S/C13H22N4/c1-2-7-17(6-1)8-5-14-10-12-9-13(16-15-12)11-3-4-11/h9,11,14H,1-8,10H2,(H,15,16). The molecule has 0 spiro atoms. The zero-order valence-electron chi connectivity index (χ0n) is 10.4. The number of aromatic amines is 1. The van der Waals surface area contributed by atoms with Gasteiger partial charge < -0.3 is 10.2 Å². The molecule has 1 aromatic heterocycles. The normalized spacial score (nSPS) is 21.2. The van der Waals surface area contributed by atoms with E-state index in [0.29, 0.717) is 0 Å². The molecule has 2 N–H and O–H groups in total. The predicted molar refractivity (Wildman–Crippen MR) is 67.9 cm³/mol. The number of hydrogen-bond acceptors (Lipinski definition) is 3. The van der Waals surface area contributed by atoms with Crippen molar-refractivity contribution in [1.29, 1.82) is 0 Å². The maximum Gasteiger partial charge on any atom is 0.0656 e. The number of aromatic nitrogens is 2. The van der Waals surface area contributed by atoms with E-state index in [9.17, 15) is 0 Å². The molecular weight excluding hydrogens is 212 g/mol. The fraction of sp³-hybridized carbons (Fsp3) is 0.769. The largest absolute Gasteiger partial charge is 0.310 e. The average molecular weight is 234 g/mol. The SMILES string of the molecule is c1c(C2CC2)n[nH]c1CNCCN1CCCC1. The Bertz CT molecular complexity index is 350. The highest BCUT2D eigenvalue weighted by Crippen LogP contribution is 2.38. The van der Waals surface area contributed by atoms with Crippen molar-refractivity contribution in [2.75, 3.05) is 26.2 Å². The van der Waals surface area contributed by atoms with Gasteiger partial charge in [0.15, 0.2) is 0 Å². The third kappa shape index (κ3) is 3.07. The Morgan fingerprint density at radius 2 is 2.18 bits per heavy atom. The van der Waals surface area contributed by atoms with Gasteiger partial charge in [0.25, 0.3) is 0 Å². The third-order valence-corrected chi connectivity index (χ3v) is 3.77. The van der Waals surface area contributed by atoms with Gasteiger partial charge in [-0.1, -0.05) is 0 Å². The molecule has 1 aliphatic carbocycles. The lowest BCUT2D eigenvalue weighted by Gasteiger charge is -2.14. The molecule has 0 amide bonds. The first-order chi connectivity index (χ1) is 8.42. The van der Waals surface area contributed by atoms with Crippen molar-refractivity contribution >= 4 is 0 Å². The van der Waals surface area contributed by atoms with E-state index >= 15 is 0 Å². The monoisotopic (exact) mass is 234 g/mol. The Labute approximate surface area is 103 Å². The Morgan fingerprint density at radius 1 is 1.35 bits per heavy atom. The van der Waals surface area contributed by atoms with Gasteiger partial charge in [-0.05, 0) is 44.8 Å². The molecule has 2 aliphatic rings. The molecule has 0 aromatic carbocycles. The summed E-state index contributed by atoms with van der Waals surface area (Å²) in [5.41, 5.74) is 2.50. The number of rotatable bonds is 6. The number of nitrogens with zero attached hydrogens (tertiary/aromatic N) is 2. The summed E-state index contributed by atoms with van der Waals surface area (Å²) < 4.78 is 0. The van der Waals surface area contributed by atoms with Gasteiger partial charge >= 0.3 is 0 Å². The van der Waals surface area contributed by atoms with Crippen molar-refractivity contribution in [2.24, 2.45) is 0 Å². The lowest BCUT2D eigenvalue weighted by molar-refractivity contribution is 0.335. The predicted octanol–water partition coefficient (Wildman–Crippen LogP) is 1.47. The smallest absolute Gasteiger partial charge is 0.0656 e. The van der Waals surface area contributed by atoms with Gasteiger partial charge in [-0.3, -0.25) is 5.10 Å². The molecule has 1 saturated carbocycles. The summed E-state index contributed by atoms with van der Waals surface area (Å²) in [4.78, 5) is 2.54. The number of H-pyrrole nitrogens is 1. The third-order valence-electron chi connectivity index (χ3n) is 3.77. The van der Waals surface area contributed by atoms with Gasteiger partial charge in [-0.25, -0.2) is 0 Å². The molecule has 0 radical (unpaired) electrons. The quantitative estimate of drug-likeness (QED) is 0.733. The molecule has 0 bridgehead atoms. The van der Waals surface area contributed by atoms with Crippen molar-refractivity contribution in [2.45, 2.75) is 38.1 Å². The van der Waals surface area contributed by atoms with Crippen LogP contribution >= 0.6 is 0 Å². The van der Waals surface area contributed by atoms with Crippen molar-refractivity contribution < 1.29 is 0 Å². The summed E-state index contributed by atoms with van der Waals surface area (Å²) in [7, 11) is 0. The average Bonchev–Trinajstić information content (AvgIpc) is 2.89. The Kier molecular flexibility index (Phi) is 3.43. The highest BCUT2D eigenvalue weighted by molar-refractivity contribution is 5.17. The summed E-state index contributed by atoms with van der Waals surface area (Å²) in [6.45, 7) is 5.77. The van der Waals surface area contributed by atoms with Crippen molar-refractivity contribution in [1.82, 2.24) is 20.4 Å². The van der Waals surface area contributed by atoms with Crippen LogP contribution in [0, 0.1) is 0 Å². The van der Waals surface area contributed by atoms with Crippen LogP contribution in [-0.4, -0.2) is 41.3 Å². The zero-order chi connectivity index (χ0) is 11.5. The van der Waals surface area contributed by atoms with E-state index in [-0.39, 0.29) is 0 Å². The minimum absolute atomic E-state index is 0.754. The zero-order valence-corrected chi connectivity index (χ0v) is 10.4. The molecule has 0 unspecified atom stereocenters. The maximum atomic E-state index is 4.36. The van der Waals surface area contributed by atoms with Crippen LogP contribution < -0.4 is 5.32 Å². The minimum atomic E-state index is 0.754. The van der Waals surface area contributed by atoms with Crippen LogP contribution in [0.4, 0.5) is 0 Å². The van der Waals surface area contributed by atoms with Crippen LogP contribution in [0.2, 0.25) is 0 Å². The van der Waals surface area contributed by atoms with E-state index in [0.717, 1.165) is 19.0 Å². The van der Waals surface area contributed by atoms with Crippen LogP contribution in [0.15, 0.2) is 6.07 Å². The van der Waals surface area contributed by atoms with Crippen molar-refractivity contribution in [3.05, 3.63) is 17.5 Å². The molecule has 4 heteroatoms. The molecule has 94 valence electrons. The van der Waals surface area contributed by atoms with Gasteiger partial charge in [-0.2, -0.15) is 5.10 Å². The minimum Gasteiger partial charge on any atom is -0.310 e.